The summed E-state index contributed by atoms with van der Waals surface area (Å²) in [5.74, 6) is -2.29. The molecule has 2 aromatic rings. The predicted octanol–water partition coefficient (Wildman–Crippen LogP) is 2.33. The summed E-state index contributed by atoms with van der Waals surface area (Å²) in [4.78, 5) is 10.8. The molecule has 8 heteroatoms. The second-order valence-electron chi connectivity index (χ2n) is 3.70. The van der Waals surface area contributed by atoms with Gasteiger partial charge in [0.1, 0.15) is 11.5 Å². The SMILES string of the molecule is NC(=O)c1cc(-c2cccc(C(F)(F)F)c2F)n[nH]1. The monoisotopic (exact) mass is 273 g/mol. The zero-order chi connectivity index (χ0) is 14.2. The molecule has 3 N–H and O–H groups in total. The van der Waals surface area contributed by atoms with Crippen LogP contribution in [0.3, 0.4) is 0 Å². The minimum Gasteiger partial charge on any atom is -0.364 e. The lowest BCUT2D eigenvalue weighted by molar-refractivity contribution is -0.139. The van der Waals surface area contributed by atoms with E-state index in [0.717, 1.165) is 18.2 Å². The normalized spacial score (nSPS) is 11.6. The Labute approximate surface area is 104 Å². The lowest BCUT2D eigenvalue weighted by Crippen LogP contribution is -2.11. The lowest BCUT2D eigenvalue weighted by atomic mass is 10.1. The molecule has 1 aromatic heterocycles. The van der Waals surface area contributed by atoms with Crippen LogP contribution in [0.2, 0.25) is 0 Å². The third kappa shape index (κ3) is 2.42. The average Bonchev–Trinajstić information content (AvgIpc) is 2.77. The van der Waals surface area contributed by atoms with Gasteiger partial charge >= 0.3 is 6.18 Å². The van der Waals surface area contributed by atoms with E-state index in [0.29, 0.717) is 6.07 Å². The van der Waals surface area contributed by atoms with Gasteiger partial charge in [-0.1, -0.05) is 6.07 Å². The molecular formula is C11H7F4N3O. The Morgan fingerprint density at radius 3 is 2.53 bits per heavy atom. The number of hydrogen-bond acceptors (Lipinski definition) is 2. The third-order valence-corrected chi connectivity index (χ3v) is 2.42. The number of rotatable bonds is 2. The lowest BCUT2D eigenvalue weighted by Gasteiger charge is -2.09. The van der Waals surface area contributed by atoms with Crippen molar-refractivity contribution < 1.29 is 22.4 Å². The Morgan fingerprint density at radius 2 is 2.00 bits per heavy atom. The van der Waals surface area contributed by atoms with Crippen molar-refractivity contribution >= 4 is 5.91 Å². The quantitative estimate of drug-likeness (QED) is 0.824. The summed E-state index contributed by atoms with van der Waals surface area (Å²) < 4.78 is 51.4. The summed E-state index contributed by atoms with van der Waals surface area (Å²) in [6.45, 7) is 0. The summed E-state index contributed by atoms with van der Waals surface area (Å²) >= 11 is 0. The van der Waals surface area contributed by atoms with Crippen LogP contribution in [0.25, 0.3) is 11.3 Å². The maximum atomic E-state index is 13.8. The van der Waals surface area contributed by atoms with E-state index >= 15 is 0 Å². The third-order valence-electron chi connectivity index (χ3n) is 2.42. The number of nitrogens with two attached hydrogens (primary N) is 1. The van der Waals surface area contributed by atoms with Crippen LogP contribution in [0.4, 0.5) is 17.6 Å². The first-order valence-corrected chi connectivity index (χ1v) is 5.02. The number of alkyl halides is 3. The van der Waals surface area contributed by atoms with Gasteiger partial charge in [0.15, 0.2) is 0 Å². The van der Waals surface area contributed by atoms with E-state index in [-0.39, 0.29) is 17.0 Å². The van der Waals surface area contributed by atoms with Crippen LogP contribution in [0.1, 0.15) is 16.1 Å². The number of halogens is 4. The number of carbonyl (C=O) groups excluding carboxylic acids is 1. The Morgan fingerprint density at radius 1 is 1.32 bits per heavy atom. The van der Waals surface area contributed by atoms with E-state index in [4.69, 9.17) is 5.73 Å². The van der Waals surface area contributed by atoms with Crippen molar-refractivity contribution in [1.29, 1.82) is 0 Å². The van der Waals surface area contributed by atoms with Gasteiger partial charge in [0, 0.05) is 5.56 Å². The predicted molar refractivity (Wildman–Crippen MR) is 57.5 cm³/mol. The van der Waals surface area contributed by atoms with Gasteiger partial charge in [0.05, 0.1) is 11.3 Å². The Bertz CT molecular complexity index is 633. The summed E-state index contributed by atoms with van der Waals surface area (Å²) in [6, 6.07) is 3.90. The number of H-pyrrole nitrogens is 1. The maximum Gasteiger partial charge on any atom is 0.419 e. The molecule has 0 radical (unpaired) electrons. The molecule has 1 heterocycles. The fraction of sp³-hybridized carbons (Fsp3) is 0.0909. The van der Waals surface area contributed by atoms with Crippen molar-refractivity contribution in [2.24, 2.45) is 5.73 Å². The van der Waals surface area contributed by atoms with E-state index < -0.39 is 23.5 Å². The Kier molecular flexibility index (Phi) is 3.01. The van der Waals surface area contributed by atoms with Gasteiger partial charge in [0.2, 0.25) is 0 Å². The summed E-state index contributed by atoms with van der Waals surface area (Å²) in [5, 5.41) is 5.78. The highest BCUT2D eigenvalue weighted by Crippen LogP contribution is 2.35. The van der Waals surface area contributed by atoms with Crippen molar-refractivity contribution in [3.63, 3.8) is 0 Å². The first kappa shape index (κ1) is 13.1. The molecule has 0 atom stereocenters. The number of primary amides is 1. The highest BCUT2D eigenvalue weighted by molar-refractivity contribution is 5.91. The van der Waals surface area contributed by atoms with Crippen LogP contribution in [0, 0.1) is 5.82 Å². The number of nitrogens with one attached hydrogen (secondary N) is 1. The second kappa shape index (κ2) is 4.38. The zero-order valence-electron chi connectivity index (χ0n) is 9.25. The molecule has 0 fully saturated rings. The standard InChI is InChI=1S/C11H7F4N3O/c12-9-5(2-1-3-6(9)11(13,14)15)7-4-8(10(16)19)18-17-7/h1-4H,(H2,16,19)(H,17,18). The van der Waals surface area contributed by atoms with E-state index in [2.05, 4.69) is 10.2 Å². The highest BCUT2D eigenvalue weighted by Gasteiger charge is 2.35. The smallest absolute Gasteiger partial charge is 0.364 e. The molecule has 1 amide bonds. The van der Waals surface area contributed by atoms with Gasteiger partial charge in [0.25, 0.3) is 5.91 Å². The highest BCUT2D eigenvalue weighted by atomic mass is 19.4. The second-order valence-corrected chi connectivity index (χ2v) is 3.70. The number of nitrogens with zero attached hydrogens (tertiary/aromatic N) is 1. The fourth-order valence-corrected chi connectivity index (χ4v) is 1.53. The molecule has 1 aromatic carbocycles. The topological polar surface area (TPSA) is 71.8 Å². The summed E-state index contributed by atoms with van der Waals surface area (Å²) in [5.41, 5.74) is 2.96. The van der Waals surface area contributed by atoms with Crippen molar-refractivity contribution in [2.75, 3.05) is 0 Å². The van der Waals surface area contributed by atoms with Crippen molar-refractivity contribution in [2.45, 2.75) is 6.18 Å². The van der Waals surface area contributed by atoms with E-state index in [1.807, 2.05) is 0 Å². The Hall–Kier alpha value is -2.38. The molecule has 0 saturated carbocycles. The number of aromatic nitrogens is 2. The largest absolute Gasteiger partial charge is 0.419 e. The number of carbonyl (C=O) groups is 1. The van der Waals surface area contributed by atoms with Gasteiger partial charge in [-0.15, -0.1) is 0 Å². The van der Waals surface area contributed by atoms with Gasteiger partial charge < -0.3 is 5.73 Å². The molecule has 19 heavy (non-hydrogen) atoms. The van der Waals surface area contributed by atoms with Gasteiger partial charge in [-0.05, 0) is 18.2 Å². The number of benzene rings is 1. The van der Waals surface area contributed by atoms with Crippen LogP contribution < -0.4 is 5.73 Å². The summed E-state index contributed by atoms with van der Waals surface area (Å²) in [7, 11) is 0. The van der Waals surface area contributed by atoms with Gasteiger partial charge in [-0.2, -0.15) is 18.3 Å². The first-order valence-electron chi connectivity index (χ1n) is 5.02. The molecule has 100 valence electrons. The summed E-state index contributed by atoms with van der Waals surface area (Å²) in [6.07, 6.45) is -4.80. The van der Waals surface area contributed by atoms with Crippen molar-refractivity contribution in [3.05, 3.63) is 41.3 Å². The molecular weight excluding hydrogens is 266 g/mol. The van der Waals surface area contributed by atoms with Crippen LogP contribution in [-0.2, 0) is 6.18 Å². The molecule has 4 nitrogen and oxygen atoms in total. The van der Waals surface area contributed by atoms with E-state index in [9.17, 15) is 22.4 Å². The van der Waals surface area contributed by atoms with Crippen molar-refractivity contribution in [3.8, 4) is 11.3 Å². The minimum absolute atomic E-state index is 0.119. The van der Waals surface area contributed by atoms with Gasteiger partial charge in [-0.25, -0.2) is 4.39 Å². The number of amides is 1. The molecule has 0 aliphatic rings. The molecule has 0 aliphatic heterocycles. The molecule has 0 bridgehead atoms. The fourth-order valence-electron chi connectivity index (χ4n) is 1.53. The number of aromatic amines is 1. The molecule has 0 saturated heterocycles. The van der Waals surface area contributed by atoms with E-state index in [1.165, 1.54) is 0 Å². The maximum absolute atomic E-state index is 13.8. The molecule has 0 spiro atoms. The van der Waals surface area contributed by atoms with Crippen LogP contribution in [-0.4, -0.2) is 16.1 Å². The molecule has 0 unspecified atom stereocenters. The van der Waals surface area contributed by atoms with E-state index in [1.54, 1.807) is 0 Å². The van der Waals surface area contributed by atoms with Crippen molar-refractivity contribution in [1.82, 2.24) is 10.2 Å². The zero-order valence-corrected chi connectivity index (χ0v) is 9.25. The van der Waals surface area contributed by atoms with Crippen LogP contribution >= 0.6 is 0 Å². The first-order chi connectivity index (χ1) is 8.80. The number of hydrogen-bond donors (Lipinski definition) is 2. The van der Waals surface area contributed by atoms with Gasteiger partial charge in [-0.3, -0.25) is 9.89 Å². The minimum atomic E-state index is -4.80. The molecule has 2 rings (SSSR count). The molecule has 0 aliphatic carbocycles. The van der Waals surface area contributed by atoms with Crippen LogP contribution in [0.15, 0.2) is 24.3 Å². The van der Waals surface area contributed by atoms with Crippen LogP contribution in [0.5, 0.6) is 0 Å². The Balaban J connectivity index is 2.54. The average molecular weight is 273 g/mol.